The first-order chi connectivity index (χ1) is 7.79. The third kappa shape index (κ3) is 2.46. The molecule has 1 N–H and O–H groups in total. The van der Waals surface area contributed by atoms with E-state index in [2.05, 4.69) is 20.0 Å². The summed E-state index contributed by atoms with van der Waals surface area (Å²) in [6.07, 6.45) is 5.21. The molecule has 6 heteroatoms. The van der Waals surface area contributed by atoms with Crippen LogP contribution in [0.15, 0.2) is 18.6 Å². The van der Waals surface area contributed by atoms with E-state index in [1.165, 1.54) is 7.11 Å². The number of hydrogen-bond acceptors (Lipinski definition) is 6. The van der Waals surface area contributed by atoms with Crippen LogP contribution in [0.5, 0.6) is 5.88 Å². The van der Waals surface area contributed by atoms with Crippen molar-refractivity contribution in [1.29, 1.82) is 0 Å². The lowest BCUT2D eigenvalue weighted by Gasteiger charge is -2.10. The zero-order valence-corrected chi connectivity index (χ0v) is 8.92. The maximum atomic E-state index is 11.2. The fourth-order valence-corrected chi connectivity index (χ4v) is 1.63. The van der Waals surface area contributed by atoms with Gasteiger partial charge in [0.1, 0.15) is 12.1 Å². The van der Waals surface area contributed by atoms with Gasteiger partial charge in [-0.1, -0.05) is 0 Å². The summed E-state index contributed by atoms with van der Waals surface area (Å²) in [7, 11) is 1.38. The summed E-state index contributed by atoms with van der Waals surface area (Å²) in [6, 6.07) is -0.285. The van der Waals surface area contributed by atoms with E-state index in [1.54, 1.807) is 18.6 Å². The Morgan fingerprint density at radius 1 is 1.56 bits per heavy atom. The number of nitrogens with zero attached hydrogens (tertiary/aromatic N) is 2. The molecule has 2 atom stereocenters. The van der Waals surface area contributed by atoms with Crippen LogP contribution < -0.4 is 10.1 Å². The molecule has 2 heterocycles. The molecule has 2 rings (SSSR count). The van der Waals surface area contributed by atoms with Gasteiger partial charge in [-0.25, -0.2) is 4.98 Å². The molecule has 86 valence electrons. The molecule has 16 heavy (non-hydrogen) atoms. The van der Waals surface area contributed by atoms with Crippen molar-refractivity contribution in [3.63, 3.8) is 0 Å². The van der Waals surface area contributed by atoms with Crippen molar-refractivity contribution in [3.05, 3.63) is 18.6 Å². The van der Waals surface area contributed by atoms with Crippen molar-refractivity contribution >= 4 is 5.97 Å². The van der Waals surface area contributed by atoms with Gasteiger partial charge in [-0.3, -0.25) is 9.78 Å². The maximum absolute atomic E-state index is 11.2. The fourth-order valence-electron chi connectivity index (χ4n) is 1.63. The smallest absolute Gasteiger partial charge is 0.323 e. The summed E-state index contributed by atoms with van der Waals surface area (Å²) in [5.41, 5.74) is 0. The summed E-state index contributed by atoms with van der Waals surface area (Å²) >= 11 is 0. The zero-order chi connectivity index (χ0) is 11.4. The number of ether oxygens (including phenoxy) is 2. The van der Waals surface area contributed by atoms with Crippen LogP contribution in [0.4, 0.5) is 0 Å². The zero-order valence-electron chi connectivity index (χ0n) is 8.92. The van der Waals surface area contributed by atoms with Gasteiger partial charge in [-0.15, -0.1) is 0 Å². The molecule has 0 saturated carbocycles. The molecule has 1 saturated heterocycles. The number of carbonyl (C=O) groups excluding carboxylic acids is 1. The molecule has 1 fully saturated rings. The van der Waals surface area contributed by atoms with Crippen LogP contribution in [-0.4, -0.2) is 41.7 Å². The monoisotopic (exact) mass is 223 g/mol. The van der Waals surface area contributed by atoms with Crippen LogP contribution in [-0.2, 0) is 9.53 Å². The maximum Gasteiger partial charge on any atom is 0.323 e. The van der Waals surface area contributed by atoms with Crippen LogP contribution in [0.1, 0.15) is 6.42 Å². The van der Waals surface area contributed by atoms with Crippen molar-refractivity contribution in [1.82, 2.24) is 15.3 Å². The van der Waals surface area contributed by atoms with Crippen molar-refractivity contribution < 1.29 is 14.3 Å². The minimum absolute atomic E-state index is 0.0687. The van der Waals surface area contributed by atoms with Gasteiger partial charge in [-0.2, -0.15) is 0 Å². The second-order valence-electron chi connectivity index (χ2n) is 3.50. The highest BCUT2D eigenvalue weighted by atomic mass is 16.5. The van der Waals surface area contributed by atoms with Crippen molar-refractivity contribution in [3.8, 4) is 5.88 Å². The lowest BCUT2D eigenvalue weighted by Crippen LogP contribution is -2.31. The molecule has 0 unspecified atom stereocenters. The van der Waals surface area contributed by atoms with Crippen LogP contribution in [0, 0.1) is 0 Å². The summed E-state index contributed by atoms with van der Waals surface area (Å²) in [5, 5.41) is 3.03. The third-order valence-corrected chi connectivity index (χ3v) is 2.40. The fraction of sp³-hybridized carbons (Fsp3) is 0.500. The Morgan fingerprint density at radius 3 is 3.12 bits per heavy atom. The van der Waals surface area contributed by atoms with Crippen LogP contribution in [0.25, 0.3) is 0 Å². The van der Waals surface area contributed by atoms with Crippen molar-refractivity contribution in [2.24, 2.45) is 0 Å². The summed E-state index contributed by atoms with van der Waals surface area (Å²) < 4.78 is 10.2. The molecule has 6 nitrogen and oxygen atoms in total. The highest BCUT2D eigenvalue weighted by molar-refractivity contribution is 5.76. The molecular weight excluding hydrogens is 210 g/mol. The number of aromatic nitrogens is 2. The first kappa shape index (κ1) is 10.8. The summed E-state index contributed by atoms with van der Waals surface area (Å²) in [6.45, 7) is 0.607. The van der Waals surface area contributed by atoms with Crippen molar-refractivity contribution in [2.45, 2.75) is 18.6 Å². The number of methoxy groups -OCH3 is 1. The van der Waals surface area contributed by atoms with Gasteiger partial charge in [0.15, 0.2) is 0 Å². The average molecular weight is 223 g/mol. The first-order valence-corrected chi connectivity index (χ1v) is 5.03. The van der Waals surface area contributed by atoms with Crippen LogP contribution >= 0.6 is 0 Å². The predicted molar refractivity (Wildman–Crippen MR) is 54.9 cm³/mol. The van der Waals surface area contributed by atoms with Crippen molar-refractivity contribution in [2.75, 3.05) is 13.7 Å². The van der Waals surface area contributed by atoms with E-state index in [-0.39, 0.29) is 18.1 Å². The van der Waals surface area contributed by atoms with Crippen LogP contribution in [0.2, 0.25) is 0 Å². The van der Waals surface area contributed by atoms with Gasteiger partial charge in [0.25, 0.3) is 0 Å². The molecule has 0 bridgehead atoms. The Labute approximate surface area is 93.0 Å². The highest BCUT2D eigenvalue weighted by Gasteiger charge is 2.31. The number of rotatable bonds is 3. The Morgan fingerprint density at radius 2 is 2.44 bits per heavy atom. The average Bonchev–Trinajstić information content (AvgIpc) is 2.78. The predicted octanol–water partition coefficient (Wildman–Crippen LogP) is -0.241. The molecule has 1 aliphatic heterocycles. The Bertz CT molecular complexity index is 358. The number of hydrogen-bond donors (Lipinski definition) is 1. The minimum Gasteiger partial charge on any atom is -0.472 e. The molecule has 1 aromatic rings. The van der Waals surface area contributed by atoms with Gasteiger partial charge in [-0.05, 0) is 0 Å². The second-order valence-corrected chi connectivity index (χ2v) is 3.50. The largest absolute Gasteiger partial charge is 0.472 e. The first-order valence-electron chi connectivity index (χ1n) is 5.03. The molecule has 0 amide bonds. The van der Waals surface area contributed by atoms with Crippen LogP contribution in [0.3, 0.4) is 0 Å². The number of esters is 1. The number of nitrogens with one attached hydrogen (secondary N) is 1. The van der Waals surface area contributed by atoms with Gasteiger partial charge >= 0.3 is 5.97 Å². The topological polar surface area (TPSA) is 73.3 Å². The third-order valence-electron chi connectivity index (χ3n) is 2.40. The lowest BCUT2D eigenvalue weighted by molar-refractivity contribution is -0.142. The van der Waals surface area contributed by atoms with E-state index in [9.17, 15) is 4.79 Å². The minimum atomic E-state index is -0.285. The van der Waals surface area contributed by atoms with E-state index < -0.39 is 0 Å². The lowest BCUT2D eigenvalue weighted by atomic mass is 10.2. The van der Waals surface area contributed by atoms with E-state index >= 15 is 0 Å². The van der Waals surface area contributed by atoms with E-state index in [1.807, 2.05) is 0 Å². The molecule has 0 aliphatic carbocycles. The van der Waals surface area contributed by atoms with Gasteiger partial charge < -0.3 is 14.8 Å². The van der Waals surface area contributed by atoms with E-state index in [0.29, 0.717) is 18.8 Å². The van der Waals surface area contributed by atoms with E-state index in [0.717, 1.165) is 0 Å². The normalized spacial score (nSPS) is 24.1. The molecular formula is C10H13N3O3. The molecule has 0 radical (unpaired) electrons. The molecule has 0 aromatic carbocycles. The second kappa shape index (κ2) is 4.89. The Balaban J connectivity index is 1.88. The standard InChI is InChI=1S/C10H13N3O3/c1-15-10(14)8-4-7(5-13-8)16-9-6-11-2-3-12-9/h2-3,6-8,13H,4-5H2,1H3/t7-,8-/m0/s1. The number of carbonyl (C=O) groups is 1. The van der Waals surface area contributed by atoms with Gasteiger partial charge in [0, 0.05) is 25.4 Å². The van der Waals surface area contributed by atoms with E-state index in [4.69, 9.17) is 4.74 Å². The van der Waals surface area contributed by atoms with Gasteiger partial charge in [0.2, 0.25) is 5.88 Å². The molecule has 1 aliphatic rings. The SMILES string of the molecule is COC(=O)[C@@H]1C[C@H](Oc2cnccn2)CN1. The summed E-state index contributed by atoms with van der Waals surface area (Å²) in [5.74, 6) is 0.213. The Hall–Kier alpha value is -1.69. The Kier molecular flexibility index (Phi) is 3.31. The molecule has 1 aromatic heterocycles. The van der Waals surface area contributed by atoms with Gasteiger partial charge in [0.05, 0.1) is 13.3 Å². The highest BCUT2D eigenvalue weighted by Crippen LogP contribution is 2.14. The quantitative estimate of drug-likeness (QED) is 0.713. The molecule has 0 spiro atoms. The summed E-state index contributed by atoms with van der Waals surface area (Å²) in [4.78, 5) is 19.1.